The van der Waals surface area contributed by atoms with Crippen LogP contribution in [-0.4, -0.2) is 6.71 Å². The summed E-state index contributed by atoms with van der Waals surface area (Å²) in [6, 6.07) is 93.0. The lowest BCUT2D eigenvalue weighted by Crippen LogP contribution is -2.61. The third-order valence-electron chi connectivity index (χ3n) is 20.9. The maximum Gasteiger partial charge on any atom is 0.252 e. The molecule has 0 radical (unpaired) electrons. The predicted octanol–water partition coefficient (Wildman–Crippen LogP) is 21.6. The third kappa shape index (κ3) is 7.90. The summed E-state index contributed by atoms with van der Waals surface area (Å²) in [4.78, 5) is 5.46. The van der Waals surface area contributed by atoms with Gasteiger partial charge in [0.15, 0.2) is 0 Å². The first kappa shape index (κ1) is 54.7. The Morgan fingerprint density at radius 2 is 0.644 bits per heavy atom. The maximum absolute atomic E-state index is 2.73. The van der Waals surface area contributed by atoms with Crippen LogP contribution in [0.25, 0.3) is 76.5 Å². The average Bonchev–Trinajstić information content (AvgIpc) is 1.13. The Bertz CT molecular complexity index is 4910. The molecule has 436 valence electrons. The molecule has 4 aliphatic rings. The number of benzene rings is 13. The van der Waals surface area contributed by atoms with Crippen LogP contribution in [0.5, 0.6) is 0 Å². The average molecular weight is 1160 g/mol. The van der Waals surface area contributed by atoms with Gasteiger partial charge in [-0.2, -0.15) is 0 Å². The smallest absolute Gasteiger partial charge is 0.252 e. The minimum Gasteiger partial charge on any atom is -0.311 e. The molecule has 0 unspecified atom stereocenters. The van der Waals surface area contributed by atoms with Crippen LogP contribution in [0.4, 0.5) is 34.1 Å². The van der Waals surface area contributed by atoms with E-state index in [4.69, 9.17) is 0 Å². The molecule has 0 bridgehead atoms. The fourth-order valence-corrected chi connectivity index (χ4v) is 16.2. The molecule has 2 aliphatic heterocycles. The first-order valence-corrected chi connectivity index (χ1v) is 32.6. The van der Waals surface area contributed by atoms with Crippen molar-refractivity contribution in [3.63, 3.8) is 0 Å². The molecule has 2 heterocycles. The molecule has 90 heavy (non-hydrogen) atoms. The SMILES string of the molecule is CC(C)(C)c1cc(N2c3cc(-c4ccc5c(c4)C4(c6ccccc6-c6ccccc64)c4ccccc4-5)cc4c3B(c3ccc5cc6ccccc6cc5c32)c2ccc3cc5ccccc5cc3c2N4c2cc(C(C)(C)C)cc(C(C)(C)C)c2)cc(C(C)(C)C)c1. The Kier molecular flexibility index (Phi) is 11.4. The molecule has 0 fully saturated rings. The number of hydrogen-bond acceptors (Lipinski definition) is 2. The summed E-state index contributed by atoms with van der Waals surface area (Å²) in [7, 11) is 0. The Morgan fingerprint density at radius 3 is 1.03 bits per heavy atom. The van der Waals surface area contributed by atoms with Crippen LogP contribution < -0.4 is 26.2 Å². The van der Waals surface area contributed by atoms with Gasteiger partial charge >= 0.3 is 0 Å². The highest BCUT2D eigenvalue weighted by Crippen LogP contribution is 2.63. The summed E-state index contributed by atoms with van der Waals surface area (Å²) in [6.45, 7) is 28.4. The van der Waals surface area contributed by atoms with Crippen molar-refractivity contribution in [3.8, 4) is 33.4 Å². The lowest BCUT2D eigenvalue weighted by molar-refractivity contribution is 0.568. The molecule has 0 aromatic heterocycles. The topological polar surface area (TPSA) is 6.48 Å². The summed E-state index contributed by atoms with van der Waals surface area (Å²) < 4.78 is 0. The number of nitrogens with zero attached hydrogens (tertiary/aromatic N) is 2. The fraction of sp³-hybridized carbons (Fsp3) is 0.195. The van der Waals surface area contributed by atoms with Gasteiger partial charge in [0.1, 0.15) is 0 Å². The molecule has 17 rings (SSSR count). The molecule has 13 aromatic rings. The minimum absolute atomic E-state index is 0.127. The van der Waals surface area contributed by atoms with Crippen LogP contribution in [0, 0.1) is 0 Å². The van der Waals surface area contributed by atoms with Crippen LogP contribution in [-0.2, 0) is 27.1 Å². The normalized spacial score (nSPS) is 14.5. The molecule has 3 heteroatoms. The van der Waals surface area contributed by atoms with Crippen molar-refractivity contribution < 1.29 is 0 Å². The zero-order valence-electron chi connectivity index (χ0n) is 54.0. The molecule has 1 spiro atoms. The number of hydrogen-bond donors (Lipinski definition) is 0. The van der Waals surface area contributed by atoms with Gasteiger partial charge in [0, 0.05) is 44.9 Å². The van der Waals surface area contributed by atoms with E-state index in [0.29, 0.717) is 0 Å². The van der Waals surface area contributed by atoms with Crippen LogP contribution in [0.1, 0.15) is 128 Å². The highest BCUT2D eigenvalue weighted by atomic mass is 15.2. The second-order valence-corrected chi connectivity index (χ2v) is 30.6. The Labute approximate surface area is 531 Å². The van der Waals surface area contributed by atoms with Gasteiger partial charge in [-0.25, -0.2) is 0 Å². The van der Waals surface area contributed by atoms with Crippen molar-refractivity contribution in [1.82, 2.24) is 0 Å². The molecule has 2 nitrogen and oxygen atoms in total. The van der Waals surface area contributed by atoms with E-state index in [9.17, 15) is 0 Å². The van der Waals surface area contributed by atoms with Crippen molar-refractivity contribution in [2.45, 2.75) is 110 Å². The zero-order chi connectivity index (χ0) is 61.7. The summed E-state index contributed by atoms with van der Waals surface area (Å²) >= 11 is 0. The van der Waals surface area contributed by atoms with Crippen LogP contribution in [0.3, 0.4) is 0 Å². The lowest BCUT2D eigenvalue weighted by atomic mass is 9.33. The molecule has 2 aliphatic carbocycles. The van der Waals surface area contributed by atoms with Gasteiger partial charge < -0.3 is 9.80 Å². The van der Waals surface area contributed by atoms with Gasteiger partial charge in [0.05, 0.1) is 5.41 Å². The van der Waals surface area contributed by atoms with Crippen LogP contribution in [0.2, 0.25) is 0 Å². The quantitative estimate of drug-likeness (QED) is 0.128. The maximum atomic E-state index is 2.73. The molecule has 13 aromatic carbocycles. The molecule has 0 saturated heterocycles. The minimum atomic E-state index is -0.504. The second kappa shape index (κ2) is 18.8. The van der Waals surface area contributed by atoms with Gasteiger partial charge in [0.25, 0.3) is 6.71 Å². The molecular formula is C87H75BN2. The zero-order valence-corrected chi connectivity index (χ0v) is 54.0. The van der Waals surface area contributed by atoms with Gasteiger partial charge in [-0.1, -0.05) is 253 Å². The fourth-order valence-electron chi connectivity index (χ4n) is 16.2. The lowest BCUT2D eigenvalue weighted by Gasteiger charge is -2.46. The largest absolute Gasteiger partial charge is 0.311 e. The number of rotatable bonds is 3. The van der Waals surface area contributed by atoms with Crippen molar-refractivity contribution in [1.29, 1.82) is 0 Å². The van der Waals surface area contributed by atoms with Crippen LogP contribution >= 0.6 is 0 Å². The third-order valence-corrected chi connectivity index (χ3v) is 20.9. The van der Waals surface area contributed by atoms with Crippen molar-refractivity contribution >= 4 is 100 Å². The van der Waals surface area contributed by atoms with Gasteiger partial charge in [-0.15, -0.1) is 0 Å². The van der Waals surface area contributed by atoms with Crippen molar-refractivity contribution in [2.24, 2.45) is 0 Å². The Hall–Kier alpha value is -9.44. The van der Waals surface area contributed by atoms with E-state index in [1.807, 2.05) is 0 Å². The summed E-state index contributed by atoms with van der Waals surface area (Å²) in [5.74, 6) is 0. The van der Waals surface area contributed by atoms with Crippen LogP contribution in [0.15, 0.2) is 237 Å². The molecule has 0 atom stereocenters. The Morgan fingerprint density at radius 1 is 0.289 bits per heavy atom. The van der Waals surface area contributed by atoms with E-state index in [0.717, 1.165) is 0 Å². The monoisotopic (exact) mass is 1160 g/mol. The standard InChI is InChI=1S/C87H75BN2/c1-83(2,3)60-46-61(84(4,5)6)49-64(48-60)89-78-44-59(56-33-36-69-68-29-19-22-32-74(68)87(75(69)43-56)72-30-20-17-27-66(72)67-28-18-21-31-73(67)87)45-79-80(78)88(76-37-34-57-39-52-23-13-15-25-54(52)41-70(57)81(76)89)77-38-35-58-40-53-24-14-16-26-55(53)42-71(58)82(77)90(79)65-50-62(85(7,8)9)47-63(51-65)86(10,11)12/h13-51H,1-12H3. The molecule has 0 saturated carbocycles. The van der Waals surface area contributed by atoms with Gasteiger partial charge in [0.2, 0.25) is 0 Å². The highest BCUT2D eigenvalue weighted by molar-refractivity contribution is 7.00. The molecule has 0 amide bonds. The van der Waals surface area contributed by atoms with Gasteiger partial charge in [-0.05, 0) is 215 Å². The van der Waals surface area contributed by atoms with E-state index in [2.05, 4.69) is 329 Å². The van der Waals surface area contributed by atoms with Crippen molar-refractivity contribution in [2.75, 3.05) is 9.80 Å². The van der Waals surface area contributed by atoms with E-state index in [1.54, 1.807) is 0 Å². The second-order valence-electron chi connectivity index (χ2n) is 30.6. The van der Waals surface area contributed by atoms with Gasteiger partial charge in [-0.3, -0.25) is 0 Å². The van der Waals surface area contributed by atoms with Crippen molar-refractivity contribution in [3.05, 3.63) is 281 Å². The van der Waals surface area contributed by atoms with E-state index in [-0.39, 0.29) is 28.4 Å². The Balaban J connectivity index is 1.05. The number of fused-ring (bicyclic) bond motifs is 20. The summed E-state index contributed by atoms with van der Waals surface area (Å²) in [5.41, 5.74) is 28.5. The highest BCUT2D eigenvalue weighted by Gasteiger charge is 2.52. The first-order chi connectivity index (χ1) is 43.1. The summed E-state index contributed by atoms with van der Waals surface area (Å²) in [6.07, 6.45) is 0. The molecular weight excluding hydrogens is 1080 g/mol. The summed E-state index contributed by atoms with van der Waals surface area (Å²) in [5, 5.41) is 9.94. The van der Waals surface area contributed by atoms with E-state index in [1.165, 1.54) is 171 Å². The predicted molar refractivity (Wildman–Crippen MR) is 387 cm³/mol. The van der Waals surface area contributed by atoms with E-state index >= 15 is 0 Å². The number of anilines is 6. The first-order valence-electron chi connectivity index (χ1n) is 32.6. The molecule has 0 N–H and O–H groups in total. The van der Waals surface area contributed by atoms with E-state index < -0.39 is 5.41 Å².